The Morgan fingerprint density at radius 2 is 2.47 bits per heavy atom. The van der Waals surface area contributed by atoms with Crippen LogP contribution >= 0.6 is 23.1 Å². The van der Waals surface area contributed by atoms with Crippen LogP contribution in [0.2, 0.25) is 0 Å². The molecule has 0 N–H and O–H groups in total. The van der Waals surface area contributed by atoms with E-state index >= 15 is 0 Å². The van der Waals surface area contributed by atoms with Crippen molar-refractivity contribution in [3.63, 3.8) is 0 Å². The Balaban J connectivity index is 1.80. The third-order valence-corrected chi connectivity index (χ3v) is 5.37. The van der Waals surface area contributed by atoms with Crippen LogP contribution in [0, 0.1) is 0 Å². The number of ether oxygens (including phenoxy) is 1. The first-order valence-corrected chi connectivity index (χ1v) is 8.31. The highest BCUT2D eigenvalue weighted by Crippen LogP contribution is 2.23. The van der Waals surface area contributed by atoms with E-state index in [1.807, 2.05) is 11.4 Å². The summed E-state index contributed by atoms with van der Waals surface area (Å²) >= 11 is 3.07. The topological polar surface area (TPSA) is 44.1 Å². The van der Waals surface area contributed by atoms with E-state index in [1.54, 1.807) is 23.4 Å². The van der Waals surface area contributed by atoms with Crippen LogP contribution < -0.4 is 5.56 Å². The van der Waals surface area contributed by atoms with Crippen LogP contribution in [0.1, 0.15) is 19.3 Å². The molecule has 1 aliphatic rings. The van der Waals surface area contributed by atoms with E-state index in [9.17, 15) is 4.79 Å². The van der Waals surface area contributed by atoms with E-state index < -0.39 is 0 Å². The predicted octanol–water partition coefficient (Wildman–Crippen LogP) is 2.66. The second-order valence-electron chi connectivity index (χ2n) is 4.69. The van der Waals surface area contributed by atoms with E-state index in [4.69, 9.17) is 4.74 Å². The van der Waals surface area contributed by atoms with E-state index in [1.165, 1.54) is 24.2 Å². The highest BCUT2D eigenvalue weighted by molar-refractivity contribution is 7.99. The van der Waals surface area contributed by atoms with Gasteiger partial charge in [0.15, 0.2) is 5.16 Å². The van der Waals surface area contributed by atoms with Gasteiger partial charge >= 0.3 is 0 Å². The number of thiophene rings is 1. The minimum absolute atomic E-state index is 0.0482. The van der Waals surface area contributed by atoms with Crippen LogP contribution in [-0.4, -0.2) is 28.0 Å². The van der Waals surface area contributed by atoms with Gasteiger partial charge in [0.2, 0.25) is 0 Å². The Bertz CT molecular complexity index is 629. The van der Waals surface area contributed by atoms with Crippen molar-refractivity contribution in [2.45, 2.75) is 30.5 Å². The van der Waals surface area contributed by atoms with Crippen LogP contribution in [0.3, 0.4) is 0 Å². The van der Waals surface area contributed by atoms with E-state index in [-0.39, 0.29) is 5.56 Å². The molecule has 3 heterocycles. The molecule has 6 heteroatoms. The van der Waals surface area contributed by atoms with Crippen molar-refractivity contribution in [3.8, 4) is 0 Å². The minimum Gasteiger partial charge on any atom is -0.377 e. The average molecular weight is 296 g/mol. The summed E-state index contributed by atoms with van der Waals surface area (Å²) in [5.41, 5.74) is 0.854. The summed E-state index contributed by atoms with van der Waals surface area (Å²) < 4.78 is 8.09. The summed E-state index contributed by atoms with van der Waals surface area (Å²) in [6, 6.07) is 1.91. The number of thioether (sulfide) groups is 1. The fraction of sp³-hybridized carbons (Fsp3) is 0.538. The molecule has 0 saturated carbocycles. The van der Waals surface area contributed by atoms with Gasteiger partial charge in [-0.25, -0.2) is 4.98 Å². The second kappa shape index (κ2) is 5.64. The van der Waals surface area contributed by atoms with Crippen molar-refractivity contribution < 1.29 is 4.74 Å². The lowest BCUT2D eigenvalue weighted by Gasteiger charge is -2.22. The Morgan fingerprint density at radius 1 is 1.58 bits per heavy atom. The van der Waals surface area contributed by atoms with Crippen molar-refractivity contribution >= 4 is 33.3 Å². The Hall–Kier alpha value is -0.850. The number of nitrogens with zero attached hydrogens (tertiary/aromatic N) is 2. The van der Waals surface area contributed by atoms with Crippen LogP contribution in [-0.2, 0) is 11.8 Å². The maximum absolute atomic E-state index is 12.2. The zero-order valence-electron chi connectivity index (χ0n) is 10.8. The number of hydrogen-bond donors (Lipinski definition) is 0. The molecule has 4 nitrogen and oxygen atoms in total. The number of aromatic nitrogens is 2. The summed E-state index contributed by atoms with van der Waals surface area (Å²) in [7, 11) is 1.79. The largest absolute Gasteiger partial charge is 0.377 e. The fourth-order valence-electron chi connectivity index (χ4n) is 2.20. The smallest absolute Gasteiger partial charge is 0.271 e. The van der Waals surface area contributed by atoms with Crippen molar-refractivity contribution in [3.05, 3.63) is 21.8 Å². The molecule has 102 valence electrons. The van der Waals surface area contributed by atoms with Gasteiger partial charge in [-0.2, -0.15) is 0 Å². The van der Waals surface area contributed by atoms with Crippen LogP contribution in [0.25, 0.3) is 10.2 Å². The molecule has 3 rings (SSSR count). The summed E-state index contributed by atoms with van der Waals surface area (Å²) in [5, 5.41) is 2.70. The lowest BCUT2D eigenvalue weighted by atomic mass is 10.1. The standard InChI is InChI=1S/C13H16N2O2S2/c1-15-12(16)11-10(5-7-18-11)14-13(15)19-8-9-4-2-3-6-17-9/h5,7,9H,2-4,6,8H2,1H3. The molecule has 1 atom stereocenters. The summed E-state index contributed by atoms with van der Waals surface area (Å²) in [6.07, 6.45) is 3.82. The van der Waals surface area contributed by atoms with Gasteiger partial charge in [-0.1, -0.05) is 11.8 Å². The zero-order chi connectivity index (χ0) is 13.2. The molecule has 0 aliphatic carbocycles. The Kier molecular flexibility index (Phi) is 3.91. The molecule has 1 saturated heterocycles. The molecule has 1 unspecified atom stereocenters. The lowest BCUT2D eigenvalue weighted by Crippen LogP contribution is -2.23. The molecular formula is C13H16N2O2S2. The summed E-state index contributed by atoms with van der Waals surface area (Å²) in [6.45, 7) is 0.862. The van der Waals surface area contributed by atoms with Gasteiger partial charge in [0.25, 0.3) is 5.56 Å². The van der Waals surface area contributed by atoms with Crippen molar-refractivity contribution in [1.29, 1.82) is 0 Å². The zero-order valence-corrected chi connectivity index (χ0v) is 12.4. The van der Waals surface area contributed by atoms with Crippen LogP contribution in [0.4, 0.5) is 0 Å². The molecule has 1 fully saturated rings. The molecule has 0 bridgehead atoms. The highest BCUT2D eigenvalue weighted by atomic mass is 32.2. The van der Waals surface area contributed by atoms with Crippen LogP contribution in [0.5, 0.6) is 0 Å². The molecule has 0 radical (unpaired) electrons. The van der Waals surface area contributed by atoms with Gasteiger partial charge in [-0.3, -0.25) is 9.36 Å². The Labute approximate surface area is 119 Å². The number of fused-ring (bicyclic) bond motifs is 1. The Morgan fingerprint density at radius 3 is 3.26 bits per heavy atom. The maximum atomic E-state index is 12.2. The molecule has 2 aromatic heterocycles. The quantitative estimate of drug-likeness (QED) is 0.645. The van der Waals surface area contributed by atoms with Gasteiger partial charge in [0.1, 0.15) is 4.70 Å². The second-order valence-corrected chi connectivity index (χ2v) is 6.60. The highest BCUT2D eigenvalue weighted by Gasteiger charge is 2.16. The van der Waals surface area contributed by atoms with Gasteiger partial charge in [-0.05, 0) is 30.7 Å². The fourth-order valence-corrected chi connectivity index (χ4v) is 4.05. The van der Waals surface area contributed by atoms with E-state index in [0.717, 1.165) is 34.2 Å². The normalized spacial score (nSPS) is 19.9. The van der Waals surface area contributed by atoms with Crippen molar-refractivity contribution in [1.82, 2.24) is 9.55 Å². The first-order valence-electron chi connectivity index (χ1n) is 6.44. The molecule has 0 amide bonds. The van der Waals surface area contributed by atoms with Crippen LogP contribution in [0.15, 0.2) is 21.4 Å². The predicted molar refractivity (Wildman–Crippen MR) is 79.2 cm³/mol. The molecule has 19 heavy (non-hydrogen) atoms. The van der Waals surface area contributed by atoms with Gasteiger partial charge in [-0.15, -0.1) is 11.3 Å². The number of hydrogen-bond acceptors (Lipinski definition) is 5. The van der Waals surface area contributed by atoms with E-state index in [2.05, 4.69) is 4.98 Å². The van der Waals surface area contributed by atoms with Crippen molar-refractivity contribution in [2.75, 3.05) is 12.4 Å². The lowest BCUT2D eigenvalue weighted by molar-refractivity contribution is 0.0315. The average Bonchev–Trinajstić information content (AvgIpc) is 2.91. The summed E-state index contributed by atoms with van der Waals surface area (Å²) in [5.74, 6) is 0.871. The molecule has 2 aromatic rings. The molecule has 0 spiro atoms. The minimum atomic E-state index is 0.0482. The molecular weight excluding hydrogens is 280 g/mol. The molecule has 0 aromatic carbocycles. The number of rotatable bonds is 3. The van der Waals surface area contributed by atoms with E-state index in [0.29, 0.717) is 6.10 Å². The third kappa shape index (κ3) is 2.70. The maximum Gasteiger partial charge on any atom is 0.271 e. The van der Waals surface area contributed by atoms with Crippen molar-refractivity contribution in [2.24, 2.45) is 7.05 Å². The summed E-state index contributed by atoms with van der Waals surface area (Å²) in [4.78, 5) is 16.7. The third-order valence-electron chi connectivity index (χ3n) is 3.32. The monoisotopic (exact) mass is 296 g/mol. The van der Waals surface area contributed by atoms with Gasteiger partial charge in [0.05, 0.1) is 11.6 Å². The van der Waals surface area contributed by atoms with Gasteiger partial charge in [0, 0.05) is 19.4 Å². The van der Waals surface area contributed by atoms with Gasteiger partial charge < -0.3 is 4.74 Å². The SMILES string of the molecule is Cn1c(SCC2CCCCO2)nc2ccsc2c1=O. The molecule has 1 aliphatic heterocycles. The first kappa shape index (κ1) is 13.1. The first-order chi connectivity index (χ1) is 9.25.